The van der Waals surface area contributed by atoms with Gasteiger partial charge < -0.3 is 11.5 Å². The maximum atomic E-state index is 12.2. The van der Waals surface area contributed by atoms with Crippen molar-refractivity contribution in [2.75, 3.05) is 6.54 Å². The summed E-state index contributed by atoms with van der Waals surface area (Å²) in [6, 6.07) is 5.47. The van der Waals surface area contributed by atoms with Crippen LogP contribution in [0.15, 0.2) is 29.2 Å². The second kappa shape index (κ2) is 6.83. The summed E-state index contributed by atoms with van der Waals surface area (Å²) in [7, 11) is -3.76. The zero-order valence-corrected chi connectivity index (χ0v) is 12.5. The Hall–Kier alpha value is -1.44. The molecule has 6 nitrogen and oxygen atoms in total. The summed E-state index contributed by atoms with van der Waals surface area (Å²) < 4.78 is 26.7. The summed E-state index contributed by atoms with van der Waals surface area (Å²) in [4.78, 5) is 11.4. The van der Waals surface area contributed by atoms with Crippen molar-refractivity contribution in [3.63, 3.8) is 0 Å². The second-order valence-electron chi connectivity index (χ2n) is 4.93. The predicted octanol–water partition coefficient (Wildman–Crippen LogP) is -0.0240. The van der Waals surface area contributed by atoms with Crippen LogP contribution in [-0.2, 0) is 21.2 Å². The molecular formula is C13H21N3O3S. The van der Waals surface area contributed by atoms with Gasteiger partial charge in [0, 0.05) is 0 Å². The van der Waals surface area contributed by atoms with E-state index in [9.17, 15) is 13.2 Å². The summed E-state index contributed by atoms with van der Waals surface area (Å²) in [6.45, 7) is 3.95. The number of amides is 1. The van der Waals surface area contributed by atoms with E-state index in [1.807, 2.05) is 0 Å². The first kappa shape index (κ1) is 16.6. The summed E-state index contributed by atoms with van der Waals surface area (Å²) >= 11 is 0. The number of benzene rings is 1. The molecule has 0 heterocycles. The summed E-state index contributed by atoms with van der Waals surface area (Å²) in [5, 5.41) is 0. The average Bonchev–Trinajstić information content (AvgIpc) is 2.36. The van der Waals surface area contributed by atoms with Gasteiger partial charge in [-0.25, -0.2) is 8.42 Å². The molecule has 5 N–H and O–H groups in total. The van der Waals surface area contributed by atoms with E-state index in [1.165, 1.54) is 12.1 Å². The van der Waals surface area contributed by atoms with E-state index in [0.717, 1.165) is 5.56 Å². The normalized spacial score (nSPS) is 13.4. The number of sulfonamides is 1. The van der Waals surface area contributed by atoms with E-state index >= 15 is 0 Å². The molecule has 1 rings (SSSR count). The predicted molar refractivity (Wildman–Crippen MR) is 77.3 cm³/mol. The maximum absolute atomic E-state index is 12.2. The molecule has 0 radical (unpaired) electrons. The molecule has 0 bridgehead atoms. The fraction of sp³-hybridized carbons (Fsp3) is 0.462. The van der Waals surface area contributed by atoms with Crippen molar-refractivity contribution in [3.05, 3.63) is 29.8 Å². The van der Waals surface area contributed by atoms with Gasteiger partial charge in [0.15, 0.2) is 0 Å². The number of carbonyl (C=O) groups is 1. The van der Waals surface area contributed by atoms with E-state index in [1.54, 1.807) is 26.0 Å². The first-order chi connectivity index (χ1) is 9.27. The van der Waals surface area contributed by atoms with E-state index in [4.69, 9.17) is 11.5 Å². The van der Waals surface area contributed by atoms with Gasteiger partial charge in [0.05, 0.1) is 4.90 Å². The van der Waals surface area contributed by atoms with Crippen LogP contribution in [0.5, 0.6) is 0 Å². The van der Waals surface area contributed by atoms with Gasteiger partial charge in [-0.15, -0.1) is 0 Å². The highest BCUT2D eigenvalue weighted by atomic mass is 32.2. The van der Waals surface area contributed by atoms with Gasteiger partial charge in [-0.05, 0) is 36.6 Å². The number of carbonyl (C=O) groups excluding carboxylic acids is 1. The lowest BCUT2D eigenvalue weighted by molar-refractivity contribution is -0.120. The molecule has 20 heavy (non-hydrogen) atoms. The highest BCUT2D eigenvalue weighted by molar-refractivity contribution is 7.89. The molecule has 1 aromatic carbocycles. The molecule has 0 aromatic heterocycles. The third-order valence-electron chi connectivity index (χ3n) is 2.92. The van der Waals surface area contributed by atoms with Crippen molar-refractivity contribution in [1.29, 1.82) is 0 Å². The molecule has 0 saturated carbocycles. The standard InChI is InChI=1S/C13H21N3O3S/c1-9(2)12(13(15)17)16-20(18,19)11-5-3-10(4-6-11)7-8-14/h3-6,9,12,16H,7-8,14H2,1-2H3,(H2,15,17). The zero-order valence-electron chi connectivity index (χ0n) is 11.7. The van der Waals surface area contributed by atoms with Crippen LogP contribution >= 0.6 is 0 Å². The Bertz CT molecular complexity index is 553. The highest BCUT2D eigenvalue weighted by Gasteiger charge is 2.26. The first-order valence-electron chi connectivity index (χ1n) is 6.38. The van der Waals surface area contributed by atoms with Gasteiger partial charge >= 0.3 is 0 Å². The van der Waals surface area contributed by atoms with E-state index in [0.29, 0.717) is 13.0 Å². The monoisotopic (exact) mass is 299 g/mol. The van der Waals surface area contributed by atoms with Gasteiger partial charge in [-0.1, -0.05) is 26.0 Å². The first-order valence-corrected chi connectivity index (χ1v) is 7.87. The third kappa shape index (κ3) is 4.29. The molecule has 0 aliphatic rings. The van der Waals surface area contributed by atoms with Crippen molar-refractivity contribution < 1.29 is 13.2 Å². The van der Waals surface area contributed by atoms with Crippen molar-refractivity contribution in [1.82, 2.24) is 4.72 Å². The molecule has 1 atom stereocenters. The molecule has 0 saturated heterocycles. The SMILES string of the molecule is CC(C)C(NS(=O)(=O)c1ccc(CCN)cc1)C(N)=O. The lowest BCUT2D eigenvalue weighted by Gasteiger charge is -2.19. The summed E-state index contributed by atoms with van der Waals surface area (Å²) in [6.07, 6.45) is 0.684. The third-order valence-corrected chi connectivity index (χ3v) is 4.38. The van der Waals surface area contributed by atoms with Crippen LogP contribution in [0, 0.1) is 5.92 Å². The number of hydrogen-bond acceptors (Lipinski definition) is 4. The van der Waals surface area contributed by atoms with E-state index < -0.39 is 22.0 Å². The molecular weight excluding hydrogens is 278 g/mol. The number of rotatable bonds is 7. The van der Waals surface area contributed by atoms with Gasteiger partial charge in [0.25, 0.3) is 0 Å². The van der Waals surface area contributed by atoms with Crippen LogP contribution in [0.2, 0.25) is 0 Å². The molecule has 0 aliphatic carbocycles. The molecule has 1 unspecified atom stereocenters. The van der Waals surface area contributed by atoms with Crippen LogP contribution in [0.4, 0.5) is 0 Å². The van der Waals surface area contributed by atoms with Crippen LogP contribution in [0.3, 0.4) is 0 Å². The number of nitrogens with two attached hydrogens (primary N) is 2. The largest absolute Gasteiger partial charge is 0.368 e. The topological polar surface area (TPSA) is 115 Å². The van der Waals surface area contributed by atoms with Gasteiger partial charge in [-0.2, -0.15) is 4.72 Å². The Morgan fingerprint density at radius 1 is 1.25 bits per heavy atom. The fourth-order valence-corrected chi connectivity index (χ4v) is 3.11. The Balaban J connectivity index is 2.95. The van der Waals surface area contributed by atoms with Crippen LogP contribution in [0.25, 0.3) is 0 Å². The quantitative estimate of drug-likeness (QED) is 0.656. The number of nitrogens with one attached hydrogen (secondary N) is 1. The van der Waals surface area contributed by atoms with Crippen molar-refractivity contribution in [2.45, 2.75) is 31.2 Å². The van der Waals surface area contributed by atoms with Crippen molar-refractivity contribution in [2.24, 2.45) is 17.4 Å². The van der Waals surface area contributed by atoms with Gasteiger partial charge in [-0.3, -0.25) is 4.79 Å². The molecule has 0 aliphatic heterocycles. The molecule has 1 aromatic rings. The van der Waals surface area contributed by atoms with E-state index in [2.05, 4.69) is 4.72 Å². The number of hydrogen-bond donors (Lipinski definition) is 3. The Kier molecular flexibility index (Phi) is 5.67. The maximum Gasteiger partial charge on any atom is 0.241 e. The Morgan fingerprint density at radius 2 is 1.80 bits per heavy atom. The second-order valence-corrected chi connectivity index (χ2v) is 6.64. The number of primary amides is 1. The van der Waals surface area contributed by atoms with E-state index in [-0.39, 0.29) is 10.8 Å². The molecule has 7 heteroatoms. The lowest BCUT2D eigenvalue weighted by atomic mass is 10.1. The minimum Gasteiger partial charge on any atom is -0.368 e. The van der Waals surface area contributed by atoms with Crippen molar-refractivity contribution in [3.8, 4) is 0 Å². The summed E-state index contributed by atoms with van der Waals surface area (Å²) in [5.41, 5.74) is 11.6. The Labute approximate surface area is 119 Å². The average molecular weight is 299 g/mol. The van der Waals surface area contributed by atoms with Gasteiger partial charge in [0.2, 0.25) is 15.9 Å². The summed E-state index contributed by atoms with van der Waals surface area (Å²) in [5.74, 6) is -0.915. The highest BCUT2D eigenvalue weighted by Crippen LogP contribution is 2.13. The van der Waals surface area contributed by atoms with Crippen molar-refractivity contribution >= 4 is 15.9 Å². The smallest absolute Gasteiger partial charge is 0.241 e. The van der Waals surface area contributed by atoms with Crippen LogP contribution in [-0.4, -0.2) is 26.9 Å². The van der Waals surface area contributed by atoms with Gasteiger partial charge in [0.1, 0.15) is 6.04 Å². The molecule has 1 amide bonds. The van der Waals surface area contributed by atoms with Crippen LogP contribution < -0.4 is 16.2 Å². The van der Waals surface area contributed by atoms with Crippen LogP contribution in [0.1, 0.15) is 19.4 Å². The molecule has 0 fully saturated rings. The fourth-order valence-electron chi connectivity index (χ4n) is 1.76. The molecule has 112 valence electrons. The molecule has 0 spiro atoms. The zero-order chi connectivity index (χ0) is 15.3. The minimum absolute atomic E-state index is 0.102. The lowest BCUT2D eigenvalue weighted by Crippen LogP contribution is -2.47. The minimum atomic E-state index is -3.76. The Morgan fingerprint density at radius 3 is 2.20 bits per heavy atom.